The first-order valence-electron chi connectivity index (χ1n) is 5.75. The van der Waals surface area contributed by atoms with E-state index in [9.17, 15) is 4.79 Å². The van der Waals surface area contributed by atoms with Crippen LogP contribution in [0.5, 0.6) is 5.75 Å². The number of aryl methyl sites for hydroxylation is 1. The molecule has 0 atom stereocenters. The number of rotatable bonds is 4. The molecular formula is C13H13BrN4O2. The first-order valence-corrected chi connectivity index (χ1v) is 6.54. The van der Waals surface area contributed by atoms with Gasteiger partial charge in [0.2, 0.25) is 0 Å². The maximum atomic E-state index is 11.1. The fourth-order valence-electron chi connectivity index (χ4n) is 1.59. The van der Waals surface area contributed by atoms with Gasteiger partial charge in [-0.3, -0.25) is 4.79 Å². The summed E-state index contributed by atoms with van der Waals surface area (Å²) in [5.41, 5.74) is 6.79. The first kappa shape index (κ1) is 14.3. The molecule has 2 aromatic rings. The number of amides is 1. The van der Waals surface area contributed by atoms with Gasteiger partial charge in [0.05, 0.1) is 17.8 Å². The second-order valence-electron chi connectivity index (χ2n) is 4.04. The summed E-state index contributed by atoms with van der Waals surface area (Å²) in [5.74, 6) is 0.491. The van der Waals surface area contributed by atoms with E-state index in [-0.39, 0.29) is 5.69 Å². The van der Waals surface area contributed by atoms with Gasteiger partial charge in [0.1, 0.15) is 22.9 Å². The summed E-state index contributed by atoms with van der Waals surface area (Å²) < 4.78 is 6.03. The Morgan fingerprint density at radius 2 is 2.20 bits per heavy atom. The van der Waals surface area contributed by atoms with Gasteiger partial charge in [0, 0.05) is 11.8 Å². The number of nitrogens with zero attached hydrogens (tertiary/aromatic N) is 2. The van der Waals surface area contributed by atoms with Gasteiger partial charge in [-0.1, -0.05) is 0 Å². The number of aromatic nitrogens is 2. The predicted molar refractivity (Wildman–Crippen MR) is 79.3 cm³/mol. The molecule has 2 heterocycles. The van der Waals surface area contributed by atoms with Crippen LogP contribution in [0.4, 0.5) is 11.5 Å². The predicted octanol–water partition coefficient (Wildman–Crippen LogP) is 2.40. The highest BCUT2D eigenvalue weighted by Gasteiger charge is 2.11. The zero-order valence-corrected chi connectivity index (χ0v) is 12.6. The largest absolute Gasteiger partial charge is 0.494 e. The Morgan fingerprint density at radius 1 is 1.45 bits per heavy atom. The number of nitrogens with two attached hydrogens (primary N) is 1. The van der Waals surface area contributed by atoms with Crippen molar-refractivity contribution in [2.24, 2.45) is 5.73 Å². The normalized spacial score (nSPS) is 10.2. The van der Waals surface area contributed by atoms with Crippen molar-refractivity contribution in [1.82, 2.24) is 9.97 Å². The third-order valence-corrected chi connectivity index (χ3v) is 3.22. The van der Waals surface area contributed by atoms with Gasteiger partial charge in [-0.25, -0.2) is 9.97 Å². The SMILES string of the molecule is COc1cc(C(N)=O)ncc1Nc1nc(C)ccc1Br. The van der Waals surface area contributed by atoms with Crippen molar-refractivity contribution in [1.29, 1.82) is 0 Å². The Morgan fingerprint density at radius 3 is 2.85 bits per heavy atom. The summed E-state index contributed by atoms with van der Waals surface area (Å²) in [6.45, 7) is 1.89. The molecule has 0 saturated carbocycles. The number of carbonyl (C=O) groups excluding carboxylic acids is 1. The second-order valence-corrected chi connectivity index (χ2v) is 4.90. The van der Waals surface area contributed by atoms with Crippen LogP contribution >= 0.6 is 15.9 Å². The Hall–Kier alpha value is -2.15. The maximum Gasteiger partial charge on any atom is 0.267 e. The average molecular weight is 337 g/mol. The number of carbonyl (C=O) groups is 1. The topological polar surface area (TPSA) is 90.1 Å². The Balaban J connectivity index is 2.38. The van der Waals surface area contributed by atoms with Crippen LogP contribution in [0.3, 0.4) is 0 Å². The highest BCUT2D eigenvalue weighted by molar-refractivity contribution is 9.10. The summed E-state index contributed by atoms with van der Waals surface area (Å²) in [5, 5.41) is 3.10. The van der Waals surface area contributed by atoms with Crippen LogP contribution in [0.25, 0.3) is 0 Å². The van der Waals surface area contributed by atoms with Crippen molar-refractivity contribution < 1.29 is 9.53 Å². The first-order chi connectivity index (χ1) is 9.51. The summed E-state index contributed by atoms with van der Waals surface area (Å²) in [6.07, 6.45) is 1.48. The number of halogens is 1. The van der Waals surface area contributed by atoms with Gasteiger partial charge in [0.25, 0.3) is 5.91 Å². The van der Waals surface area contributed by atoms with E-state index in [1.54, 1.807) is 0 Å². The van der Waals surface area contributed by atoms with Crippen LogP contribution in [0.1, 0.15) is 16.2 Å². The minimum Gasteiger partial charge on any atom is -0.494 e. The summed E-state index contributed by atoms with van der Waals surface area (Å²) in [4.78, 5) is 19.4. The van der Waals surface area contributed by atoms with Gasteiger partial charge in [-0.15, -0.1) is 0 Å². The lowest BCUT2D eigenvalue weighted by atomic mass is 10.3. The molecule has 0 aliphatic carbocycles. The number of nitrogens with one attached hydrogen (secondary N) is 1. The standard InChI is InChI=1S/C13H13BrN4O2/c1-7-3-4-8(14)13(17-7)18-10-6-16-9(12(15)19)5-11(10)20-2/h3-6H,1-2H3,(H2,15,19)(H,17,18). The molecule has 0 saturated heterocycles. The summed E-state index contributed by atoms with van der Waals surface area (Å²) in [7, 11) is 1.50. The number of methoxy groups -OCH3 is 1. The monoisotopic (exact) mass is 336 g/mol. The molecule has 20 heavy (non-hydrogen) atoms. The van der Waals surface area contributed by atoms with Gasteiger partial charge in [0.15, 0.2) is 0 Å². The smallest absolute Gasteiger partial charge is 0.267 e. The van der Waals surface area contributed by atoms with Crippen LogP contribution in [0.2, 0.25) is 0 Å². The Kier molecular flexibility index (Phi) is 4.19. The lowest BCUT2D eigenvalue weighted by Crippen LogP contribution is -2.13. The van der Waals surface area contributed by atoms with Crippen molar-refractivity contribution in [3.8, 4) is 5.75 Å². The summed E-state index contributed by atoms with van der Waals surface area (Å²) in [6, 6.07) is 5.26. The molecule has 0 fully saturated rings. The average Bonchev–Trinajstić information content (AvgIpc) is 2.43. The van der Waals surface area contributed by atoms with Crippen molar-refractivity contribution in [3.63, 3.8) is 0 Å². The summed E-state index contributed by atoms with van der Waals surface area (Å²) >= 11 is 3.41. The number of pyridine rings is 2. The Labute approximate surface area is 124 Å². The molecule has 7 heteroatoms. The highest BCUT2D eigenvalue weighted by Crippen LogP contribution is 2.30. The molecule has 0 unspecified atom stereocenters. The molecule has 0 bridgehead atoms. The minimum atomic E-state index is -0.607. The van der Waals surface area contributed by atoms with Crippen LogP contribution in [-0.2, 0) is 0 Å². The molecule has 0 spiro atoms. The van der Waals surface area contributed by atoms with Gasteiger partial charge < -0.3 is 15.8 Å². The lowest BCUT2D eigenvalue weighted by Gasteiger charge is -2.12. The molecule has 0 aliphatic rings. The van der Waals surface area contributed by atoms with Crippen LogP contribution in [-0.4, -0.2) is 23.0 Å². The van der Waals surface area contributed by atoms with E-state index >= 15 is 0 Å². The molecule has 0 aromatic carbocycles. The van der Waals surface area contributed by atoms with Crippen LogP contribution < -0.4 is 15.8 Å². The van der Waals surface area contributed by atoms with E-state index in [2.05, 4.69) is 31.2 Å². The Bertz CT molecular complexity index is 661. The third-order valence-electron chi connectivity index (χ3n) is 2.58. The molecule has 6 nitrogen and oxygen atoms in total. The minimum absolute atomic E-state index is 0.142. The van der Waals surface area contributed by atoms with Crippen molar-refractivity contribution in [2.45, 2.75) is 6.92 Å². The second kappa shape index (κ2) is 5.87. The van der Waals surface area contributed by atoms with E-state index in [1.165, 1.54) is 19.4 Å². The number of primary amides is 1. The fraction of sp³-hybridized carbons (Fsp3) is 0.154. The number of hydrogen-bond acceptors (Lipinski definition) is 5. The molecule has 0 radical (unpaired) electrons. The van der Waals surface area contributed by atoms with Gasteiger partial charge >= 0.3 is 0 Å². The number of anilines is 2. The molecule has 0 aliphatic heterocycles. The van der Waals surface area contributed by atoms with Crippen molar-refractivity contribution in [2.75, 3.05) is 12.4 Å². The van der Waals surface area contributed by atoms with E-state index in [0.717, 1.165) is 10.2 Å². The van der Waals surface area contributed by atoms with Gasteiger partial charge in [-0.2, -0.15) is 0 Å². The van der Waals surface area contributed by atoms with E-state index in [0.29, 0.717) is 17.3 Å². The zero-order chi connectivity index (χ0) is 14.7. The van der Waals surface area contributed by atoms with Crippen molar-refractivity contribution in [3.05, 3.63) is 40.3 Å². The van der Waals surface area contributed by atoms with E-state index < -0.39 is 5.91 Å². The molecular weight excluding hydrogens is 324 g/mol. The third kappa shape index (κ3) is 3.05. The van der Waals surface area contributed by atoms with Crippen LogP contribution in [0.15, 0.2) is 28.9 Å². The zero-order valence-electron chi connectivity index (χ0n) is 11.0. The molecule has 104 valence electrons. The van der Waals surface area contributed by atoms with E-state index in [1.807, 2.05) is 19.1 Å². The number of ether oxygens (including phenoxy) is 1. The molecule has 2 rings (SSSR count). The quantitative estimate of drug-likeness (QED) is 0.894. The lowest BCUT2D eigenvalue weighted by molar-refractivity contribution is 0.0995. The number of hydrogen-bond donors (Lipinski definition) is 2. The van der Waals surface area contributed by atoms with Crippen molar-refractivity contribution >= 4 is 33.3 Å². The highest BCUT2D eigenvalue weighted by atomic mass is 79.9. The molecule has 3 N–H and O–H groups in total. The van der Waals surface area contributed by atoms with Gasteiger partial charge in [-0.05, 0) is 35.0 Å². The fourth-order valence-corrected chi connectivity index (χ4v) is 1.91. The van der Waals surface area contributed by atoms with Crippen LogP contribution in [0, 0.1) is 6.92 Å². The maximum absolute atomic E-state index is 11.1. The molecule has 1 amide bonds. The molecule has 2 aromatic heterocycles. The van der Waals surface area contributed by atoms with E-state index in [4.69, 9.17) is 10.5 Å².